The summed E-state index contributed by atoms with van der Waals surface area (Å²) in [5.74, 6) is 0.330. The molecule has 1 aromatic rings. The summed E-state index contributed by atoms with van der Waals surface area (Å²) in [6.45, 7) is 3.35. The van der Waals surface area contributed by atoms with Gasteiger partial charge in [-0.3, -0.25) is 4.98 Å². The molecule has 3 N–H and O–H groups in total. The summed E-state index contributed by atoms with van der Waals surface area (Å²) >= 11 is 0. The van der Waals surface area contributed by atoms with Crippen LogP contribution in [-0.2, 0) is 6.42 Å². The first-order valence-corrected chi connectivity index (χ1v) is 4.51. The van der Waals surface area contributed by atoms with E-state index in [9.17, 15) is 9.90 Å². The van der Waals surface area contributed by atoms with Crippen LogP contribution < -0.4 is 10.5 Å². The molecule has 1 rings (SSSR count). The van der Waals surface area contributed by atoms with Crippen LogP contribution in [0.15, 0.2) is 18.3 Å². The van der Waals surface area contributed by atoms with Crippen molar-refractivity contribution in [1.82, 2.24) is 4.98 Å². The Morgan fingerprint density at radius 3 is 2.87 bits per heavy atom. The van der Waals surface area contributed by atoms with Gasteiger partial charge < -0.3 is 15.6 Å². The van der Waals surface area contributed by atoms with Crippen LogP contribution in [-0.4, -0.2) is 21.8 Å². The number of primary amides is 1. The van der Waals surface area contributed by atoms with Crippen molar-refractivity contribution in [2.24, 2.45) is 5.73 Å². The summed E-state index contributed by atoms with van der Waals surface area (Å²) in [6, 6.07) is 3.10. The number of amides is 1. The smallest absolute Gasteiger partial charge is 0.409 e. The van der Waals surface area contributed by atoms with Crippen LogP contribution in [0, 0.1) is 0 Å². The van der Waals surface area contributed by atoms with E-state index in [1.54, 1.807) is 19.9 Å². The van der Waals surface area contributed by atoms with Crippen molar-refractivity contribution in [3.63, 3.8) is 0 Å². The van der Waals surface area contributed by atoms with Crippen molar-refractivity contribution < 1.29 is 14.6 Å². The Bertz CT molecular complexity index is 358. The number of nitrogens with zero attached hydrogens (tertiary/aromatic N) is 1. The highest BCUT2D eigenvalue weighted by atomic mass is 16.5. The number of carbonyl (C=O) groups is 1. The van der Waals surface area contributed by atoms with E-state index in [4.69, 9.17) is 5.73 Å². The lowest BCUT2D eigenvalue weighted by Gasteiger charge is -2.16. The van der Waals surface area contributed by atoms with Crippen molar-refractivity contribution in [3.05, 3.63) is 24.0 Å². The van der Waals surface area contributed by atoms with Gasteiger partial charge in [-0.05, 0) is 19.9 Å². The Balaban J connectivity index is 2.79. The fourth-order valence-corrected chi connectivity index (χ4v) is 1.18. The van der Waals surface area contributed by atoms with E-state index in [1.807, 2.05) is 0 Å². The number of rotatable bonds is 3. The van der Waals surface area contributed by atoms with Crippen LogP contribution in [0.1, 0.15) is 19.5 Å². The van der Waals surface area contributed by atoms with Gasteiger partial charge in [0.05, 0.1) is 5.60 Å². The molecular formula is C10H14N2O3. The maximum Gasteiger partial charge on any atom is 0.409 e. The molecule has 0 aliphatic rings. The SMILES string of the molecule is CC(C)(O)Cc1cc(OC(N)=O)ccn1. The lowest BCUT2D eigenvalue weighted by Crippen LogP contribution is -2.22. The van der Waals surface area contributed by atoms with E-state index in [1.165, 1.54) is 12.3 Å². The van der Waals surface area contributed by atoms with E-state index in [0.717, 1.165) is 0 Å². The average molecular weight is 210 g/mol. The highest BCUT2D eigenvalue weighted by molar-refractivity contribution is 5.67. The topological polar surface area (TPSA) is 85.4 Å². The van der Waals surface area contributed by atoms with Crippen LogP contribution in [0.3, 0.4) is 0 Å². The molecule has 0 aromatic carbocycles. The van der Waals surface area contributed by atoms with Gasteiger partial charge >= 0.3 is 6.09 Å². The molecule has 0 spiro atoms. The molecule has 15 heavy (non-hydrogen) atoms. The van der Waals surface area contributed by atoms with Crippen molar-refractivity contribution in [3.8, 4) is 5.75 Å². The molecule has 0 unspecified atom stereocenters. The normalized spacial score (nSPS) is 11.1. The Hall–Kier alpha value is -1.62. The molecule has 5 nitrogen and oxygen atoms in total. The van der Waals surface area contributed by atoms with Crippen molar-refractivity contribution in [2.45, 2.75) is 25.9 Å². The van der Waals surface area contributed by atoms with E-state index in [2.05, 4.69) is 9.72 Å². The molecule has 0 saturated carbocycles. The lowest BCUT2D eigenvalue weighted by atomic mass is 10.0. The first-order valence-electron chi connectivity index (χ1n) is 4.51. The largest absolute Gasteiger partial charge is 0.410 e. The molecule has 1 aromatic heterocycles. The van der Waals surface area contributed by atoms with E-state index < -0.39 is 11.7 Å². The van der Waals surface area contributed by atoms with Crippen molar-refractivity contribution >= 4 is 6.09 Å². The number of pyridine rings is 1. The summed E-state index contributed by atoms with van der Waals surface area (Å²) in [5, 5.41) is 9.57. The number of carbonyl (C=O) groups excluding carboxylic acids is 1. The first-order chi connectivity index (χ1) is 6.87. The highest BCUT2D eigenvalue weighted by Gasteiger charge is 2.14. The second-order valence-corrected chi connectivity index (χ2v) is 3.89. The number of aromatic nitrogens is 1. The summed E-state index contributed by atoms with van der Waals surface area (Å²) in [4.78, 5) is 14.5. The average Bonchev–Trinajstić information content (AvgIpc) is 1.99. The molecule has 0 atom stereocenters. The predicted octanol–water partition coefficient (Wildman–Crippen LogP) is 0.853. The minimum absolute atomic E-state index is 0.330. The van der Waals surface area contributed by atoms with Crippen molar-refractivity contribution in [2.75, 3.05) is 0 Å². The van der Waals surface area contributed by atoms with Gasteiger partial charge in [0, 0.05) is 24.4 Å². The third kappa shape index (κ3) is 4.42. The number of nitrogens with two attached hydrogens (primary N) is 1. The second-order valence-electron chi connectivity index (χ2n) is 3.89. The standard InChI is InChI=1S/C10H14N2O3/c1-10(2,14)6-7-5-8(3-4-12-7)15-9(11)13/h3-5,14H,6H2,1-2H3,(H2,11,13). The molecule has 5 heteroatoms. The molecule has 0 bridgehead atoms. The minimum Gasteiger partial charge on any atom is -0.410 e. The fourth-order valence-electron chi connectivity index (χ4n) is 1.18. The van der Waals surface area contributed by atoms with E-state index >= 15 is 0 Å². The van der Waals surface area contributed by atoms with Crippen LogP contribution in [0.5, 0.6) is 5.75 Å². The first kappa shape index (κ1) is 11.5. The molecule has 0 radical (unpaired) electrons. The maximum absolute atomic E-state index is 10.5. The van der Waals surface area contributed by atoms with Crippen LogP contribution >= 0.6 is 0 Å². The van der Waals surface area contributed by atoms with Gasteiger partial charge in [0.15, 0.2) is 0 Å². The lowest BCUT2D eigenvalue weighted by molar-refractivity contribution is 0.0799. The Morgan fingerprint density at radius 1 is 1.67 bits per heavy atom. The summed E-state index contributed by atoms with van der Waals surface area (Å²) < 4.78 is 4.69. The summed E-state index contributed by atoms with van der Waals surface area (Å²) in [6.07, 6.45) is 1.01. The number of hydrogen-bond donors (Lipinski definition) is 2. The molecule has 0 aliphatic heterocycles. The molecule has 0 aliphatic carbocycles. The summed E-state index contributed by atoms with van der Waals surface area (Å²) in [7, 11) is 0. The Labute approximate surface area is 87.9 Å². The second kappa shape index (κ2) is 4.27. The zero-order chi connectivity index (χ0) is 11.5. The predicted molar refractivity (Wildman–Crippen MR) is 54.5 cm³/mol. The van der Waals surface area contributed by atoms with Gasteiger partial charge in [0.25, 0.3) is 0 Å². The van der Waals surface area contributed by atoms with Gasteiger partial charge in [-0.1, -0.05) is 0 Å². The zero-order valence-corrected chi connectivity index (χ0v) is 8.73. The minimum atomic E-state index is -0.865. The number of aliphatic hydroxyl groups is 1. The quantitative estimate of drug-likeness (QED) is 0.774. The van der Waals surface area contributed by atoms with Crippen LogP contribution in [0.4, 0.5) is 4.79 Å². The fraction of sp³-hybridized carbons (Fsp3) is 0.400. The Kier molecular flexibility index (Phi) is 3.26. The third-order valence-electron chi connectivity index (χ3n) is 1.62. The highest BCUT2D eigenvalue weighted by Crippen LogP contribution is 2.15. The van der Waals surface area contributed by atoms with E-state index in [0.29, 0.717) is 17.9 Å². The number of hydrogen-bond acceptors (Lipinski definition) is 4. The molecule has 1 amide bonds. The molecule has 0 saturated heterocycles. The van der Waals surface area contributed by atoms with Gasteiger partial charge in [-0.15, -0.1) is 0 Å². The third-order valence-corrected chi connectivity index (χ3v) is 1.62. The van der Waals surface area contributed by atoms with Gasteiger partial charge in [-0.2, -0.15) is 0 Å². The van der Waals surface area contributed by atoms with Gasteiger partial charge in [-0.25, -0.2) is 4.79 Å². The van der Waals surface area contributed by atoms with Gasteiger partial charge in [0.2, 0.25) is 0 Å². The molecule has 0 fully saturated rings. The van der Waals surface area contributed by atoms with Crippen LogP contribution in [0.25, 0.3) is 0 Å². The van der Waals surface area contributed by atoms with E-state index in [-0.39, 0.29) is 0 Å². The van der Waals surface area contributed by atoms with Crippen LogP contribution in [0.2, 0.25) is 0 Å². The molecule has 82 valence electrons. The van der Waals surface area contributed by atoms with Gasteiger partial charge in [0.1, 0.15) is 5.75 Å². The summed E-state index contributed by atoms with van der Waals surface area (Å²) in [5.41, 5.74) is 4.66. The number of ether oxygens (including phenoxy) is 1. The Morgan fingerprint density at radius 2 is 2.33 bits per heavy atom. The monoisotopic (exact) mass is 210 g/mol. The zero-order valence-electron chi connectivity index (χ0n) is 8.73. The molecular weight excluding hydrogens is 196 g/mol. The van der Waals surface area contributed by atoms with Crippen molar-refractivity contribution in [1.29, 1.82) is 0 Å². The molecule has 1 heterocycles. The maximum atomic E-state index is 10.5.